The van der Waals surface area contributed by atoms with Gasteiger partial charge in [-0.25, -0.2) is 0 Å². The molecular weight excluding hydrogens is 362 g/mol. The van der Waals surface area contributed by atoms with Crippen molar-refractivity contribution in [2.45, 2.75) is 71.8 Å². The van der Waals surface area contributed by atoms with E-state index in [0.717, 1.165) is 23.3 Å². The lowest BCUT2D eigenvalue weighted by Gasteiger charge is -2.43. The average molecular weight is 394 g/mol. The molecule has 2 unspecified atom stereocenters. The molecule has 0 saturated carbocycles. The third-order valence-corrected chi connectivity index (χ3v) is 6.54. The van der Waals surface area contributed by atoms with E-state index in [1.54, 1.807) is 0 Å². The lowest BCUT2D eigenvalue weighted by Crippen LogP contribution is -2.46. The molecule has 0 amide bonds. The highest BCUT2D eigenvalue weighted by Gasteiger charge is 2.44. The molecule has 0 radical (unpaired) electrons. The Kier molecular flexibility index (Phi) is 4.71. The summed E-state index contributed by atoms with van der Waals surface area (Å²) in [5.74, 6) is 0.379. The summed E-state index contributed by atoms with van der Waals surface area (Å²) >= 11 is 0. The van der Waals surface area contributed by atoms with Crippen LogP contribution in [0.15, 0.2) is 52.9 Å². The molecule has 1 aromatic carbocycles. The Bertz CT molecular complexity index is 921. The third-order valence-electron chi connectivity index (χ3n) is 6.54. The van der Waals surface area contributed by atoms with E-state index in [4.69, 9.17) is 0 Å². The number of rotatable bonds is 2. The molecular formula is C25H31NO3. The van der Waals surface area contributed by atoms with Gasteiger partial charge in [-0.1, -0.05) is 58.0 Å². The largest absolute Gasteiger partial charge is 0.512 e. The maximum atomic E-state index is 13.1. The smallest absolute Gasteiger partial charge is 0.164 e. The number of aliphatic hydroxyl groups excluding tert-OH is 1. The van der Waals surface area contributed by atoms with Gasteiger partial charge < -0.3 is 10.4 Å². The molecule has 29 heavy (non-hydrogen) atoms. The quantitative estimate of drug-likeness (QED) is 0.744. The van der Waals surface area contributed by atoms with Crippen LogP contribution in [0.4, 0.5) is 0 Å². The van der Waals surface area contributed by atoms with Crippen molar-refractivity contribution in [3.8, 4) is 0 Å². The van der Waals surface area contributed by atoms with Crippen LogP contribution in [0, 0.1) is 10.8 Å². The number of carbonyl (C=O) groups is 2. The molecule has 4 nitrogen and oxygen atoms in total. The van der Waals surface area contributed by atoms with Gasteiger partial charge in [-0.05, 0) is 29.2 Å². The normalized spacial score (nSPS) is 28.8. The Labute approximate surface area is 173 Å². The van der Waals surface area contributed by atoms with Crippen molar-refractivity contribution in [3.63, 3.8) is 0 Å². The second-order valence-corrected chi connectivity index (χ2v) is 10.5. The molecule has 154 valence electrons. The Balaban J connectivity index is 1.79. The van der Waals surface area contributed by atoms with Gasteiger partial charge in [0.05, 0.1) is 11.6 Å². The summed E-state index contributed by atoms with van der Waals surface area (Å²) in [6.45, 7) is 8.26. The minimum absolute atomic E-state index is 0.0218. The van der Waals surface area contributed by atoms with E-state index in [-0.39, 0.29) is 40.1 Å². The number of allylic oxidation sites excluding steroid dienone is 3. The van der Waals surface area contributed by atoms with E-state index in [1.165, 1.54) is 0 Å². The van der Waals surface area contributed by atoms with Crippen molar-refractivity contribution < 1.29 is 14.7 Å². The molecule has 4 rings (SSSR count). The van der Waals surface area contributed by atoms with Crippen molar-refractivity contribution in [3.05, 3.63) is 58.5 Å². The van der Waals surface area contributed by atoms with Crippen LogP contribution in [0.25, 0.3) is 0 Å². The van der Waals surface area contributed by atoms with E-state index < -0.39 is 0 Å². The van der Waals surface area contributed by atoms with Crippen LogP contribution in [0.3, 0.4) is 0 Å². The Morgan fingerprint density at radius 1 is 0.862 bits per heavy atom. The van der Waals surface area contributed by atoms with Gasteiger partial charge in [0.1, 0.15) is 5.76 Å². The fraction of sp³-hybridized carbons (Fsp3) is 0.520. The number of aliphatic hydroxyl groups is 1. The first-order valence-electron chi connectivity index (χ1n) is 10.6. The predicted octanol–water partition coefficient (Wildman–Crippen LogP) is 4.98. The van der Waals surface area contributed by atoms with Crippen LogP contribution >= 0.6 is 0 Å². The van der Waals surface area contributed by atoms with E-state index in [0.29, 0.717) is 31.3 Å². The monoisotopic (exact) mass is 393 g/mol. The van der Waals surface area contributed by atoms with Crippen LogP contribution in [-0.2, 0) is 9.59 Å². The zero-order chi connectivity index (χ0) is 21.0. The molecule has 0 aromatic heterocycles. The van der Waals surface area contributed by atoms with Gasteiger partial charge in [0, 0.05) is 36.5 Å². The van der Waals surface area contributed by atoms with Gasteiger partial charge in [-0.3, -0.25) is 9.59 Å². The van der Waals surface area contributed by atoms with E-state index in [1.807, 2.05) is 32.0 Å². The molecule has 0 saturated heterocycles. The van der Waals surface area contributed by atoms with Crippen LogP contribution in [0.2, 0.25) is 0 Å². The Morgan fingerprint density at radius 3 is 2.07 bits per heavy atom. The summed E-state index contributed by atoms with van der Waals surface area (Å²) < 4.78 is 0. The van der Waals surface area contributed by atoms with Crippen molar-refractivity contribution in [1.82, 2.24) is 5.32 Å². The molecule has 4 heteroatoms. The van der Waals surface area contributed by atoms with Gasteiger partial charge in [-0.15, -0.1) is 0 Å². The molecule has 1 heterocycles. The van der Waals surface area contributed by atoms with Crippen LogP contribution in [0.5, 0.6) is 0 Å². The molecule has 2 N–H and O–H groups in total. The fourth-order valence-corrected chi connectivity index (χ4v) is 5.37. The molecule has 0 bridgehead atoms. The maximum absolute atomic E-state index is 13.1. The standard InChI is InChI=1S/C25H31NO3/c1-24(2)11-18-22(19(27)12-24)16(15-8-6-5-7-9-15)10-17(26-18)23-20(28)13-25(3,4)14-21(23)29/h5-9,16-17,26,28H,10-14H2,1-4H3. The van der Waals surface area contributed by atoms with Gasteiger partial charge in [0.25, 0.3) is 0 Å². The van der Waals surface area contributed by atoms with Gasteiger partial charge in [-0.2, -0.15) is 0 Å². The van der Waals surface area contributed by atoms with Gasteiger partial charge in [0.2, 0.25) is 0 Å². The zero-order valence-corrected chi connectivity index (χ0v) is 17.8. The van der Waals surface area contributed by atoms with Crippen molar-refractivity contribution in [2.24, 2.45) is 10.8 Å². The molecule has 2 aliphatic carbocycles. The molecule has 0 spiro atoms. The SMILES string of the molecule is CC1(C)CC(=O)C(C2CC(c3ccccc3)C3=C(CC(C)(C)CC3=O)N2)=C(O)C1. The van der Waals surface area contributed by atoms with E-state index in [2.05, 4.69) is 31.3 Å². The molecule has 2 atom stereocenters. The number of Topliss-reactive ketones (excluding diaryl/α,β-unsaturated/α-hetero) is 2. The molecule has 3 aliphatic rings. The van der Waals surface area contributed by atoms with Crippen LogP contribution in [0.1, 0.15) is 71.3 Å². The third kappa shape index (κ3) is 3.77. The topological polar surface area (TPSA) is 66.4 Å². The number of ketones is 2. The van der Waals surface area contributed by atoms with E-state index >= 15 is 0 Å². The highest BCUT2D eigenvalue weighted by Crippen LogP contribution is 2.47. The molecule has 1 aliphatic heterocycles. The molecule has 1 aromatic rings. The second kappa shape index (κ2) is 6.86. The van der Waals surface area contributed by atoms with Crippen molar-refractivity contribution in [1.29, 1.82) is 0 Å². The lowest BCUT2D eigenvalue weighted by molar-refractivity contribution is -0.119. The summed E-state index contributed by atoms with van der Waals surface area (Å²) in [5.41, 5.74) is 3.12. The highest BCUT2D eigenvalue weighted by atomic mass is 16.3. The lowest BCUT2D eigenvalue weighted by atomic mass is 9.67. The number of hydrogen-bond acceptors (Lipinski definition) is 4. The highest BCUT2D eigenvalue weighted by molar-refractivity contribution is 6.01. The number of nitrogens with one attached hydrogen (secondary N) is 1. The number of hydrogen-bond donors (Lipinski definition) is 2. The Hall–Kier alpha value is -2.36. The number of carbonyl (C=O) groups excluding carboxylic acids is 2. The summed E-state index contributed by atoms with van der Waals surface area (Å²) in [6, 6.07) is 9.83. The van der Waals surface area contributed by atoms with Gasteiger partial charge in [0.15, 0.2) is 11.6 Å². The molecule has 0 fully saturated rings. The second-order valence-electron chi connectivity index (χ2n) is 10.5. The first-order chi connectivity index (χ1) is 13.6. The maximum Gasteiger partial charge on any atom is 0.164 e. The minimum atomic E-state index is -0.260. The summed E-state index contributed by atoms with van der Waals surface area (Å²) in [4.78, 5) is 26.1. The zero-order valence-electron chi connectivity index (χ0n) is 17.8. The summed E-state index contributed by atoms with van der Waals surface area (Å²) in [5, 5.41) is 14.3. The van der Waals surface area contributed by atoms with Gasteiger partial charge >= 0.3 is 0 Å². The van der Waals surface area contributed by atoms with Crippen molar-refractivity contribution >= 4 is 11.6 Å². The average Bonchev–Trinajstić information content (AvgIpc) is 2.58. The number of benzene rings is 1. The van der Waals surface area contributed by atoms with Crippen LogP contribution < -0.4 is 5.32 Å². The van der Waals surface area contributed by atoms with Crippen LogP contribution in [-0.4, -0.2) is 22.7 Å². The van der Waals surface area contributed by atoms with E-state index in [9.17, 15) is 14.7 Å². The first-order valence-corrected chi connectivity index (χ1v) is 10.6. The Morgan fingerprint density at radius 2 is 1.45 bits per heavy atom. The van der Waals surface area contributed by atoms with Crippen molar-refractivity contribution in [2.75, 3.05) is 0 Å². The fourth-order valence-electron chi connectivity index (χ4n) is 5.37. The summed E-state index contributed by atoms with van der Waals surface area (Å²) in [7, 11) is 0. The summed E-state index contributed by atoms with van der Waals surface area (Å²) in [6.07, 6.45) is 2.89. The first kappa shape index (κ1) is 19.9. The predicted molar refractivity (Wildman–Crippen MR) is 113 cm³/mol. The minimum Gasteiger partial charge on any atom is -0.512 e.